The fraction of sp³-hybridized carbons (Fsp3) is 0.444. The second kappa shape index (κ2) is 3.95. The summed E-state index contributed by atoms with van der Waals surface area (Å²) in [5, 5.41) is 10.4. The van der Waals surface area contributed by atoms with E-state index in [1.165, 1.54) is 6.26 Å². The normalized spacial score (nSPS) is 10.1. The summed E-state index contributed by atoms with van der Waals surface area (Å²) in [5.41, 5.74) is 0.733. The smallest absolute Gasteiger partial charge is 0.152 e. The molecule has 0 saturated heterocycles. The average molecular weight is 167 g/mol. The van der Waals surface area contributed by atoms with Crippen LogP contribution < -0.4 is 5.11 Å². The number of carbonyl (C=O) groups is 1. The molecule has 1 aromatic heterocycles. The number of unbranched alkanes of at least 4 members (excludes halogenated alkanes) is 1. The third kappa shape index (κ3) is 1.87. The molecule has 0 N–H and O–H groups in total. The topological polar surface area (TPSA) is 53.3 Å². The molecule has 0 radical (unpaired) electrons. The van der Waals surface area contributed by atoms with E-state index in [9.17, 15) is 9.90 Å². The van der Waals surface area contributed by atoms with Crippen molar-refractivity contribution in [1.29, 1.82) is 0 Å². The highest BCUT2D eigenvalue weighted by Gasteiger charge is 2.05. The minimum absolute atomic E-state index is 0.0246. The van der Waals surface area contributed by atoms with Gasteiger partial charge in [0.05, 0.1) is 6.26 Å². The maximum absolute atomic E-state index is 10.4. The van der Waals surface area contributed by atoms with E-state index in [1.54, 1.807) is 6.07 Å². The summed E-state index contributed by atoms with van der Waals surface area (Å²) in [6, 6.07) is 1.68. The summed E-state index contributed by atoms with van der Waals surface area (Å²) in [5.74, 6) is -1.26. The lowest BCUT2D eigenvalue weighted by molar-refractivity contribution is -0.257. The Bertz CT molecular complexity index is 262. The SMILES string of the molecule is CCCCc1ccoc1C(=O)[O-]. The highest BCUT2D eigenvalue weighted by molar-refractivity contribution is 5.84. The first kappa shape index (κ1) is 8.84. The van der Waals surface area contributed by atoms with E-state index in [-0.39, 0.29) is 5.76 Å². The van der Waals surface area contributed by atoms with Crippen molar-refractivity contribution in [3.05, 3.63) is 23.7 Å². The number of rotatable bonds is 4. The summed E-state index contributed by atoms with van der Waals surface area (Å²) in [7, 11) is 0. The first-order valence-electron chi connectivity index (χ1n) is 4.03. The van der Waals surface area contributed by atoms with E-state index in [0.717, 1.165) is 24.8 Å². The lowest BCUT2D eigenvalue weighted by Gasteiger charge is -2.01. The van der Waals surface area contributed by atoms with Gasteiger partial charge in [0, 0.05) is 0 Å². The molecule has 0 spiro atoms. The van der Waals surface area contributed by atoms with E-state index >= 15 is 0 Å². The third-order valence-corrected chi connectivity index (χ3v) is 1.73. The molecule has 0 aliphatic carbocycles. The molecule has 0 unspecified atom stereocenters. The maximum Gasteiger partial charge on any atom is 0.152 e. The van der Waals surface area contributed by atoms with Crippen LogP contribution in [-0.4, -0.2) is 5.97 Å². The van der Waals surface area contributed by atoms with Crippen LogP contribution >= 0.6 is 0 Å². The number of aryl methyl sites for hydroxylation is 1. The van der Waals surface area contributed by atoms with Crippen LogP contribution in [0.4, 0.5) is 0 Å². The quantitative estimate of drug-likeness (QED) is 0.671. The zero-order valence-electron chi connectivity index (χ0n) is 7.00. The molecule has 0 aliphatic heterocycles. The summed E-state index contributed by atoms with van der Waals surface area (Å²) >= 11 is 0. The van der Waals surface area contributed by atoms with E-state index in [2.05, 4.69) is 6.92 Å². The molecule has 12 heavy (non-hydrogen) atoms. The van der Waals surface area contributed by atoms with E-state index in [0.29, 0.717) is 0 Å². The second-order valence-corrected chi connectivity index (χ2v) is 2.67. The van der Waals surface area contributed by atoms with Gasteiger partial charge in [0.25, 0.3) is 0 Å². The van der Waals surface area contributed by atoms with Crippen LogP contribution in [0, 0.1) is 0 Å². The molecule has 1 rings (SSSR count). The molecule has 1 aromatic rings. The van der Waals surface area contributed by atoms with Gasteiger partial charge in [-0.15, -0.1) is 0 Å². The van der Waals surface area contributed by atoms with Crippen molar-refractivity contribution in [1.82, 2.24) is 0 Å². The number of carbonyl (C=O) groups excluding carboxylic acids is 1. The molecule has 0 aliphatic rings. The first-order valence-corrected chi connectivity index (χ1v) is 4.03. The van der Waals surface area contributed by atoms with Gasteiger partial charge in [-0.2, -0.15) is 0 Å². The van der Waals surface area contributed by atoms with Crippen molar-refractivity contribution in [2.24, 2.45) is 0 Å². The standard InChI is InChI=1S/C9H12O3/c1-2-3-4-7-5-6-12-8(7)9(10)11/h5-6H,2-4H2,1H3,(H,10,11)/p-1. The fourth-order valence-corrected chi connectivity index (χ4v) is 1.08. The van der Waals surface area contributed by atoms with Gasteiger partial charge < -0.3 is 14.3 Å². The number of hydrogen-bond donors (Lipinski definition) is 0. The Morgan fingerprint density at radius 3 is 3.00 bits per heavy atom. The van der Waals surface area contributed by atoms with Crippen molar-refractivity contribution in [2.45, 2.75) is 26.2 Å². The number of aromatic carboxylic acids is 1. The molecule has 3 heteroatoms. The molecule has 0 aromatic carbocycles. The highest BCUT2D eigenvalue weighted by Crippen LogP contribution is 2.12. The predicted molar refractivity (Wildman–Crippen MR) is 41.7 cm³/mol. The Kier molecular flexibility index (Phi) is 2.91. The molecule has 3 nitrogen and oxygen atoms in total. The fourth-order valence-electron chi connectivity index (χ4n) is 1.08. The maximum atomic E-state index is 10.4. The number of furan rings is 1. The van der Waals surface area contributed by atoms with Crippen LogP contribution in [0.15, 0.2) is 16.7 Å². The molecule has 0 fully saturated rings. The summed E-state index contributed by atoms with van der Waals surface area (Å²) in [4.78, 5) is 10.4. The van der Waals surface area contributed by atoms with Crippen molar-refractivity contribution in [2.75, 3.05) is 0 Å². The second-order valence-electron chi connectivity index (χ2n) is 2.67. The predicted octanol–water partition coefficient (Wildman–Crippen LogP) is 0.986. The van der Waals surface area contributed by atoms with Crippen LogP contribution in [0.3, 0.4) is 0 Å². The Balaban J connectivity index is 2.70. The minimum atomic E-state index is -1.23. The number of carboxylic acid groups (broad SMARTS) is 1. The van der Waals surface area contributed by atoms with Gasteiger partial charge in [0.2, 0.25) is 0 Å². The molecule has 66 valence electrons. The van der Waals surface area contributed by atoms with Crippen molar-refractivity contribution in [3.63, 3.8) is 0 Å². The third-order valence-electron chi connectivity index (χ3n) is 1.73. The zero-order chi connectivity index (χ0) is 8.97. The van der Waals surface area contributed by atoms with Gasteiger partial charge in [-0.25, -0.2) is 0 Å². The van der Waals surface area contributed by atoms with Crippen LogP contribution in [0.1, 0.15) is 35.9 Å². The number of carboxylic acids is 1. The van der Waals surface area contributed by atoms with Crippen LogP contribution in [0.25, 0.3) is 0 Å². The van der Waals surface area contributed by atoms with Crippen molar-refractivity contribution >= 4 is 5.97 Å². The van der Waals surface area contributed by atoms with Crippen molar-refractivity contribution < 1.29 is 14.3 Å². The van der Waals surface area contributed by atoms with E-state index < -0.39 is 5.97 Å². The van der Waals surface area contributed by atoms with Gasteiger partial charge in [-0.3, -0.25) is 0 Å². The Morgan fingerprint density at radius 2 is 2.42 bits per heavy atom. The van der Waals surface area contributed by atoms with Gasteiger partial charge >= 0.3 is 0 Å². The molecule has 0 atom stereocenters. The van der Waals surface area contributed by atoms with Crippen molar-refractivity contribution in [3.8, 4) is 0 Å². The average Bonchev–Trinajstić information content (AvgIpc) is 2.48. The molecule has 1 heterocycles. The van der Waals surface area contributed by atoms with Gasteiger partial charge in [0.1, 0.15) is 5.97 Å². The Morgan fingerprint density at radius 1 is 1.67 bits per heavy atom. The summed E-state index contributed by atoms with van der Waals surface area (Å²) < 4.78 is 4.76. The summed E-state index contributed by atoms with van der Waals surface area (Å²) in [6.45, 7) is 2.05. The Hall–Kier alpha value is -1.25. The zero-order valence-corrected chi connectivity index (χ0v) is 7.00. The highest BCUT2D eigenvalue weighted by atomic mass is 16.4. The molecule has 0 saturated carbocycles. The lowest BCUT2D eigenvalue weighted by atomic mass is 10.1. The van der Waals surface area contributed by atoms with Gasteiger partial charge in [-0.1, -0.05) is 13.3 Å². The first-order chi connectivity index (χ1) is 5.75. The minimum Gasteiger partial charge on any atom is -0.542 e. The Labute approximate surface area is 71.0 Å². The van der Waals surface area contributed by atoms with E-state index in [4.69, 9.17) is 4.42 Å². The number of hydrogen-bond acceptors (Lipinski definition) is 3. The monoisotopic (exact) mass is 167 g/mol. The van der Waals surface area contributed by atoms with Gasteiger partial charge in [-0.05, 0) is 24.5 Å². The van der Waals surface area contributed by atoms with Crippen LogP contribution in [0.5, 0.6) is 0 Å². The largest absolute Gasteiger partial charge is 0.542 e. The summed E-state index contributed by atoms with van der Waals surface area (Å²) in [6.07, 6.45) is 4.14. The molecule has 0 amide bonds. The molecule has 0 bridgehead atoms. The molecular weight excluding hydrogens is 156 g/mol. The lowest BCUT2D eigenvalue weighted by Crippen LogP contribution is -2.22. The van der Waals surface area contributed by atoms with Crippen LogP contribution in [0.2, 0.25) is 0 Å². The van der Waals surface area contributed by atoms with E-state index in [1.807, 2.05) is 0 Å². The van der Waals surface area contributed by atoms with Gasteiger partial charge in [0.15, 0.2) is 5.76 Å². The van der Waals surface area contributed by atoms with Crippen LogP contribution in [-0.2, 0) is 6.42 Å². The molecular formula is C9H11O3-.